The topological polar surface area (TPSA) is 63.8 Å². The third-order valence-electron chi connectivity index (χ3n) is 1.40. The maximum atomic E-state index is 5.38. The summed E-state index contributed by atoms with van der Waals surface area (Å²) in [5, 5.41) is 3.08. The molecule has 1 heterocycles. The van der Waals surface area contributed by atoms with Crippen LogP contribution in [0.25, 0.3) is 0 Å². The Kier molecular flexibility index (Phi) is 3.58. The lowest BCUT2D eigenvalue weighted by Crippen LogP contribution is -2.03. The van der Waals surface area contributed by atoms with E-state index in [0.29, 0.717) is 5.82 Å². The number of nitrogens with zero attached hydrogens (tertiary/aromatic N) is 2. The van der Waals surface area contributed by atoms with Crippen molar-refractivity contribution in [2.75, 3.05) is 17.6 Å². The van der Waals surface area contributed by atoms with Gasteiger partial charge in [-0.1, -0.05) is 0 Å². The molecule has 0 radical (unpaired) electrons. The van der Waals surface area contributed by atoms with Crippen molar-refractivity contribution in [3.05, 3.63) is 12.4 Å². The average molecular weight is 176 g/mol. The predicted molar refractivity (Wildman–Crippen MR) is 53.0 cm³/mol. The first-order valence-electron chi connectivity index (χ1n) is 4.04. The third-order valence-corrected chi connectivity index (χ3v) is 1.40. The lowest BCUT2D eigenvalue weighted by atomic mass is 10.4. The molecule has 4 heteroatoms. The molecule has 1 aromatic heterocycles. The molecule has 0 amide bonds. The summed E-state index contributed by atoms with van der Waals surface area (Å²) in [6.07, 6.45) is 3.94. The standard InChI is InChI=1S/C9H12N4/c1-2-3-4-5-11-9-7-12-8(10)6-13-9/h6-7H,4-5H2,1H3,(H2,10,12)(H,11,13). The fraction of sp³-hybridized carbons (Fsp3) is 0.333. The average Bonchev–Trinajstić information content (AvgIpc) is 2.15. The molecule has 0 aliphatic rings. The summed E-state index contributed by atoms with van der Waals surface area (Å²) in [7, 11) is 0. The van der Waals surface area contributed by atoms with Gasteiger partial charge in [0, 0.05) is 13.0 Å². The van der Waals surface area contributed by atoms with E-state index in [-0.39, 0.29) is 0 Å². The van der Waals surface area contributed by atoms with Crippen LogP contribution in [0.4, 0.5) is 11.6 Å². The van der Waals surface area contributed by atoms with Gasteiger partial charge in [-0.15, -0.1) is 11.8 Å². The highest BCUT2D eigenvalue weighted by Gasteiger charge is 1.91. The largest absolute Gasteiger partial charge is 0.382 e. The van der Waals surface area contributed by atoms with Crippen LogP contribution in [0.2, 0.25) is 0 Å². The number of rotatable bonds is 3. The van der Waals surface area contributed by atoms with E-state index in [1.165, 1.54) is 6.20 Å². The Morgan fingerprint density at radius 2 is 2.31 bits per heavy atom. The van der Waals surface area contributed by atoms with E-state index < -0.39 is 0 Å². The van der Waals surface area contributed by atoms with Gasteiger partial charge in [0.1, 0.15) is 11.6 Å². The summed E-state index contributed by atoms with van der Waals surface area (Å²) < 4.78 is 0. The van der Waals surface area contributed by atoms with Gasteiger partial charge in [-0.05, 0) is 6.92 Å². The van der Waals surface area contributed by atoms with Crippen LogP contribution < -0.4 is 11.1 Å². The number of nitrogens with one attached hydrogen (secondary N) is 1. The highest BCUT2D eigenvalue weighted by Crippen LogP contribution is 2.00. The molecule has 0 bridgehead atoms. The first-order valence-corrected chi connectivity index (χ1v) is 4.04. The van der Waals surface area contributed by atoms with Crippen molar-refractivity contribution >= 4 is 11.6 Å². The van der Waals surface area contributed by atoms with E-state index in [1.807, 2.05) is 6.92 Å². The summed E-state index contributed by atoms with van der Waals surface area (Å²) in [5.74, 6) is 6.92. The van der Waals surface area contributed by atoms with Gasteiger partial charge in [-0.3, -0.25) is 0 Å². The van der Waals surface area contributed by atoms with E-state index in [9.17, 15) is 0 Å². The van der Waals surface area contributed by atoms with Crippen molar-refractivity contribution in [3.8, 4) is 11.8 Å². The molecule has 1 aromatic rings. The van der Waals surface area contributed by atoms with Crippen LogP contribution >= 0.6 is 0 Å². The molecule has 0 saturated carbocycles. The van der Waals surface area contributed by atoms with Gasteiger partial charge in [0.15, 0.2) is 0 Å². The summed E-state index contributed by atoms with van der Waals surface area (Å²) >= 11 is 0. The Morgan fingerprint density at radius 3 is 2.92 bits per heavy atom. The molecule has 0 spiro atoms. The molecule has 0 fully saturated rings. The quantitative estimate of drug-likeness (QED) is 0.530. The molecule has 68 valence electrons. The number of hydrogen-bond donors (Lipinski definition) is 2. The molecule has 0 aliphatic heterocycles. The number of anilines is 2. The Bertz CT molecular complexity index is 307. The van der Waals surface area contributed by atoms with Gasteiger partial charge in [0.25, 0.3) is 0 Å². The normalized spacial score (nSPS) is 8.69. The van der Waals surface area contributed by atoms with Gasteiger partial charge < -0.3 is 11.1 Å². The Morgan fingerprint density at radius 1 is 1.46 bits per heavy atom. The Labute approximate surface area is 77.6 Å². The second-order valence-corrected chi connectivity index (χ2v) is 2.43. The van der Waals surface area contributed by atoms with Crippen molar-refractivity contribution < 1.29 is 0 Å². The Hall–Kier alpha value is -1.76. The van der Waals surface area contributed by atoms with Gasteiger partial charge in [0.05, 0.1) is 12.4 Å². The van der Waals surface area contributed by atoms with Crippen LogP contribution in [0.15, 0.2) is 12.4 Å². The first-order chi connectivity index (χ1) is 6.33. The van der Waals surface area contributed by atoms with Crippen molar-refractivity contribution in [2.24, 2.45) is 0 Å². The maximum absolute atomic E-state index is 5.38. The van der Waals surface area contributed by atoms with Crippen molar-refractivity contribution in [2.45, 2.75) is 13.3 Å². The van der Waals surface area contributed by atoms with Gasteiger partial charge in [-0.2, -0.15) is 0 Å². The van der Waals surface area contributed by atoms with Crippen molar-refractivity contribution in [1.82, 2.24) is 9.97 Å². The van der Waals surface area contributed by atoms with Gasteiger partial charge in [-0.25, -0.2) is 9.97 Å². The van der Waals surface area contributed by atoms with E-state index in [4.69, 9.17) is 5.73 Å². The second-order valence-electron chi connectivity index (χ2n) is 2.43. The summed E-state index contributed by atoms with van der Waals surface area (Å²) in [4.78, 5) is 7.92. The van der Waals surface area contributed by atoms with E-state index in [2.05, 4.69) is 27.1 Å². The molecule has 1 rings (SSSR count). The molecule has 0 saturated heterocycles. The zero-order valence-corrected chi connectivity index (χ0v) is 7.54. The van der Waals surface area contributed by atoms with Crippen LogP contribution in [-0.4, -0.2) is 16.5 Å². The first kappa shape index (κ1) is 9.33. The minimum atomic E-state index is 0.430. The summed E-state index contributed by atoms with van der Waals surface area (Å²) in [6, 6.07) is 0. The fourth-order valence-electron chi connectivity index (χ4n) is 0.807. The molecule has 0 unspecified atom stereocenters. The maximum Gasteiger partial charge on any atom is 0.144 e. The lowest BCUT2D eigenvalue weighted by Gasteiger charge is -2.01. The number of aromatic nitrogens is 2. The van der Waals surface area contributed by atoms with Crippen LogP contribution in [-0.2, 0) is 0 Å². The molecule has 3 N–H and O–H groups in total. The van der Waals surface area contributed by atoms with Crippen LogP contribution in [0, 0.1) is 11.8 Å². The zero-order chi connectivity index (χ0) is 9.52. The van der Waals surface area contributed by atoms with Crippen LogP contribution in [0.5, 0.6) is 0 Å². The second kappa shape index (κ2) is 4.99. The molecular weight excluding hydrogens is 164 g/mol. The third kappa shape index (κ3) is 3.43. The van der Waals surface area contributed by atoms with Crippen LogP contribution in [0.1, 0.15) is 13.3 Å². The van der Waals surface area contributed by atoms with E-state index in [0.717, 1.165) is 18.8 Å². The SMILES string of the molecule is CC#CCCNc1cnc(N)cn1. The van der Waals surface area contributed by atoms with E-state index >= 15 is 0 Å². The van der Waals surface area contributed by atoms with Gasteiger partial charge >= 0.3 is 0 Å². The molecule has 4 nitrogen and oxygen atoms in total. The van der Waals surface area contributed by atoms with E-state index in [1.54, 1.807) is 6.20 Å². The number of hydrogen-bond acceptors (Lipinski definition) is 4. The fourth-order valence-corrected chi connectivity index (χ4v) is 0.807. The van der Waals surface area contributed by atoms with Crippen LogP contribution in [0.3, 0.4) is 0 Å². The summed E-state index contributed by atoms with van der Waals surface area (Å²) in [5.41, 5.74) is 5.38. The zero-order valence-electron chi connectivity index (χ0n) is 7.54. The monoisotopic (exact) mass is 176 g/mol. The minimum Gasteiger partial charge on any atom is -0.382 e. The summed E-state index contributed by atoms with van der Waals surface area (Å²) in [6.45, 7) is 2.60. The smallest absolute Gasteiger partial charge is 0.144 e. The lowest BCUT2D eigenvalue weighted by molar-refractivity contribution is 1.06. The predicted octanol–water partition coefficient (Wildman–Crippen LogP) is 0.884. The number of nitrogens with two attached hydrogens (primary N) is 1. The Balaban J connectivity index is 2.36. The highest BCUT2D eigenvalue weighted by molar-refractivity contribution is 5.35. The highest BCUT2D eigenvalue weighted by atomic mass is 15.0. The molecular formula is C9H12N4. The molecule has 0 atom stereocenters. The van der Waals surface area contributed by atoms with Crippen molar-refractivity contribution in [3.63, 3.8) is 0 Å². The molecule has 0 aliphatic carbocycles. The molecule has 13 heavy (non-hydrogen) atoms. The van der Waals surface area contributed by atoms with Gasteiger partial charge in [0.2, 0.25) is 0 Å². The number of nitrogen functional groups attached to an aromatic ring is 1. The molecule has 0 aromatic carbocycles. The van der Waals surface area contributed by atoms with Crippen molar-refractivity contribution in [1.29, 1.82) is 0 Å². The minimum absolute atomic E-state index is 0.430.